The third-order valence-electron chi connectivity index (χ3n) is 7.39. The predicted octanol–water partition coefficient (Wildman–Crippen LogP) is 6.19. The Hall–Kier alpha value is -1.35. The third-order valence-corrected chi connectivity index (χ3v) is 7.39. The van der Waals surface area contributed by atoms with Gasteiger partial charge in [-0.2, -0.15) is 0 Å². The van der Waals surface area contributed by atoms with Crippen molar-refractivity contribution in [3.05, 3.63) is 34.9 Å². The Morgan fingerprint density at radius 3 is 2.67 bits per heavy atom. The van der Waals surface area contributed by atoms with Gasteiger partial charge >= 0.3 is 0 Å². The number of rotatable bonds is 8. The standard InChI is InChI=1S/C25H37NO2.C2H6/c1-2-28-14-4-5-18-8-9-21-16-22(11-10-20(21)15-18)23-12-13-24(17-23)26-25(27)19-6-3-7-19;1-2/h10-11,16,18-19,23-24H,2-9,12-15,17H2,1H3,(H,26,27);1-2H3. The lowest BCUT2D eigenvalue weighted by molar-refractivity contribution is -0.128. The molecule has 30 heavy (non-hydrogen) atoms. The molecule has 4 rings (SSSR count). The van der Waals surface area contributed by atoms with E-state index in [-0.39, 0.29) is 0 Å². The molecule has 3 aliphatic rings. The fourth-order valence-corrected chi connectivity index (χ4v) is 5.37. The van der Waals surface area contributed by atoms with E-state index in [9.17, 15) is 4.79 Å². The maximum atomic E-state index is 12.2. The molecule has 3 heteroatoms. The minimum atomic E-state index is 0.310. The van der Waals surface area contributed by atoms with E-state index in [1.807, 2.05) is 13.8 Å². The molecule has 2 fully saturated rings. The maximum Gasteiger partial charge on any atom is 0.223 e. The van der Waals surface area contributed by atoms with E-state index < -0.39 is 0 Å². The minimum absolute atomic E-state index is 0.310. The summed E-state index contributed by atoms with van der Waals surface area (Å²) in [6.07, 6.45) is 13.2. The molecule has 3 nitrogen and oxygen atoms in total. The summed E-state index contributed by atoms with van der Waals surface area (Å²) in [4.78, 5) is 12.2. The van der Waals surface area contributed by atoms with Crippen LogP contribution in [0, 0.1) is 11.8 Å². The average molecular weight is 414 g/mol. The molecule has 1 amide bonds. The van der Waals surface area contributed by atoms with Crippen molar-refractivity contribution in [3.8, 4) is 0 Å². The zero-order valence-corrected chi connectivity index (χ0v) is 19.6. The van der Waals surface area contributed by atoms with E-state index in [1.54, 1.807) is 11.1 Å². The van der Waals surface area contributed by atoms with Gasteiger partial charge in [0.2, 0.25) is 5.91 Å². The lowest BCUT2D eigenvalue weighted by Gasteiger charge is -2.26. The van der Waals surface area contributed by atoms with Crippen molar-refractivity contribution in [3.63, 3.8) is 0 Å². The van der Waals surface area contributed by atoms with Gasteiger partial charge in [-0.3, -0.25) is 4.79 Å². The SMILES string of the molecule is CC.CCOCCCC1CCc2cc(C3CCC(NC(=O)C4CCC4)C3)ccc2C1. The maximum absolute atomic E-state index is 12.2. The highest BCUT2D eigenvalue weighted by molar-refractivity contribution is 5.79. The van der Waals surface area contributed by atoms with Crippen LogP contribution >= 0.6 is 0 Å². The summed E-state index contributed by atoms with van der Waals surface area (Å²) in [6, 6.07) is 7.66. The van der Waals surface area contributed by atoms with Gasteiger partial charge in [-0.05, 0) is 99.7 Å². The van der Waals surface area contributed by atoms with Crippen LogP contribution in [0.5, 0.6) is 0 Å². The van der Waals surface area contributed by atoms with Crippen LogP contribution in [0.2, 0.25) is 0 Å². The Balaban J connectivity index is 0.00000124. The molecule has 1 aromatic carbocycles. The predicted molar refractivity (Wildman–Crippen MR) is 125 cm³/mol. The highest BCUT2D eigenvalue weighted by Gasteiger charge is 2.31. The minimum Gasteiger partial charge on any atom is -0.382 e. The van der Waals surface area contributed by atoms with Gasteiger partial charge in [0.1, 0.15) is 0 Å². The number of benzene rings is 1. The fourth-order valence-electron chi connectivity index (χ4n) is 5.37. The van der Waals surface area contributed by atoms with E-state index in [0.29, 0.717) is 23.8 Å². The number of nitrogens with one attached hydrogen (secondary N) is 1. The highest BCUT2D eigenvalue weighted by Crippen LogP contribution is 2.38. The smallest absolute Gasteiger partial charge is 0.223 e. The molecule has 1 N–H and O–H groups in total. The van der Waals surface area contributed by atoms with Crippen LogP contribution in [-0.4, -0.2) is 25.2 Å². The first-order valence-corrected chi connectivity index (χ1v) is 12.7. The van der Waals surface area contributed by atoms with Crippen LogP contribution in [-0.2, 0) is 22.4 Å². The number of fused-ring (bicyclic) bond motifs is 1. The zero-order valence-electron chi connectivity index (χ0n) is 19.6. The summed E-state index contributed by atoms with van der Waals surface area (Å²) in [5, 5.41) is 3.33. The van der Waals surface area contributed by atoms with E-state index in [0.717, 1.165) is 44.8 Å². The quantitative estimate of drug-likeness (QED) is 0.516. The Kier molecular flexibility index (Phi) is 9.24. The molecular formula is C27H43NO2. The Bertz CT molecular complexity index is 667. The van der Waals surface area contributed by atoms with Crippen LogP contribution in [0.25, 0.3) is 0 Å². The van der Waals surface area contributed by atoms with Crippen molar-refractivity contribution >= 4 is 5.91 Å². The highest BCUT2D eigenvalue weighted by atomic mass is 16.5. The fraction of sp³-hybridized carbons (Fsp3) is 0.741. The molecule has 0 aliphatic heterocycles. The van der Waals surface area contributed by atoms with Crippen LogP contribution < -0.4 is 5.32 Å². The van der Waals surface area contributed by atoms with Crippen LogP contribution in [0.4, 0.5) is 0 Å². The van der Waals surface area contributed by atoms with Crippen molar-refractivity contribution in [2.75, 3.05) is 13.2 Å². The number of hydrogen-bond acceptors (Lipinski definition) is 2. The summed E-state index contributed by atoms with van der Waals surface area (Å²) in [7, 11) is 0. The van der Waals surface area contributed by atoms with E-state index in [2.05, 4.69) is 30.4 Å². The van der Waals surface area contributed by atoms with Crippen molar-refractivity contribution in [2.45, 2.75) is 103 Å². The van der Waals surface area contributed by atoms with Gasteiger partial charge in [0.05, 0.1) is 0 Å². The summed E-state index contributed by atoms with van der Waals surface area (Å²) in [6.45, 7) is 7.82. The lowest BCUT2D eigenvalue weighted by atomic mass is 9.80. The average Bonchev–Trinajstić information content (AvgIpc) is 3.19. The van der Waals surface area contributed by atoms with Gasteiger partial charge in [-0.25, -0.2) is 0 Å². The number of aryl methyl sites for hydroxylation is 1. The number of ether oxygens (including phenoxy) is 1. The second kappa shape index (κ2) is 11.9. The summed E-state index contributed by atoms with van der Waals surface area (Å²) < 4.78 is 5.50. The molecule has 0 spiro atoms. The lowest BCUT2D eigenvalue weighted by Crippen LogP contribution is -2.39. The van der Waals surface area contributed by atoms with E-state index in [4.69, 9.17) is 4.74 Å². The zero-order chi connectivity index (χ0) is 21.3. The van der Waals surface area contributed by atoms with Crippen molar-refractivity contribution in [1.29, 1.82) is 0 Å². The van der Waals surface area contributed by atoms with Crippen molar-refractivity contribution < 1.29 is 9.53 Å². The summed E-state index contributed by atoms with van der Waals surface area (Å²) in [5.41, 5.74) is 4.67. The van der Waals surface area contributed by atoms with Gasteiger partial charge in [-0.15, -0.1) is 0 Å². The second-order valence-electron chi connectivity index (χ2n) is 9.32. The monoisotopic (exact) mass is 413 g/mol. The first-order chi connectivity index (χ1) is 14.7. The summed E-state index contributed by atoms with van der Waals surface area (Å²) >= 11 is 0. The molecule has 3 aliphatic carbocycles. The van der Waals surface area contributed by atoms with Gasteiger partial charge in [-0.1, -0.05) is 38.5 Å². The van der Waals surface area contributed by atoms with Crippen LogP contribution in [0.1, 0.15) is 101 Å². The normalized spacial score (nSPS) is 25.6. The van der Waals surface area contributed by atoms with Crippen molar-refractivity contribution in [2.24, 2.45) is 11.8 Å². The molecule has 3 unspecified atom stereocenters. The molecule has 2 saturated carbocycles. The number of hydrogen-bond donors (Lipinski definition) is 1. The first kappa shape index (κ1) is 23.3. The molecule has 1 aromatic rings. The molecule has 0 aromatic heterocycles. The molecule has 0 bridgehead atoms. The van der Waals surface area contributed by atoms with Crippen LogP contribution in [0.3, 0.4) is 0 Å². The summed E-state index contributed by atoms with van der Waals surface area (Å²) in [5.74, 6) is 2.08. The Morgan fingerprint density at radius 1 is 1.10 bits per heavy atom. The van der Waals surface area contributed by atoms with Gasteiger partial charge in [0.15, 0.2) is 0 Å². The molecular weight excluding hydrogens is 370 g/mol. The van der Waals surface area contributed by atoms with Gasteiger partial charge in [0.25, 0.3) is 0 Å². The molecule has 3 atom stereocenters. The van der Waals surface area contributed by atoms with E-state index >= 15 is 0 Å². The molecule has 0 heterocycles. The molecule has 0 radical (unpaired) electrons. The van der Waals surface area contributed by atoms with Gasteiger partial charge in [0, 0.05) is 25.2 Å². The number of carbonyl (C=O) groups excluding carboxylic acids is 1. The third kappa shape index (κ3) is 6.09. The topological polar surface area (TPSA) is 38.3 Å². The second-order valence-corrected chi connectivity index (χ2v) is 9.32. The van der Waals surface area contributed by atoms with Crippen LogP contribution in [0.15, 0.2) is 18.2 Å². The molecule has 0 saturated heterocycles. The Labute approximate surface area is 184 Å². The largest absolute Gasteiger partial charge is 0.382 e. The van der Waals surface area contributed by atoms with Crippen molar-refractivity contribution in [1.82, 2.24) is 5.32 Å². The molecule has 168 valence electrons. The van der Waals surface area contributed by atoms with E-state index in [1.165, 1.54) is 50.5 Å². The first-order valence-electron chi connectivity index (χ1n) is 12.7. The number of carbonyl (C=O) groups is 1. The number of amides is 1. The Morgan fingerprint density at radius 2 is 1.93 bits per heavy atom. The van der Waals surface area contributed by atoms with Gasteiger partial charge < -0.3 is 10.1 Å².